The van der Waals surface area contributed by atoms with Gasteiger partial charge in [0.2, 0.25) is 0 Å². The van der Waals surface area contributed by atoms with Crippen molar-refractivity contribution in [1.82, 2.24) is 9.97 Å². The van der Waals surface area contributed by atoms with Crippen LogP contribution in [0.4, 0.5) is 5.69 Å². The predicted octanol–water partition coefficient (Wildman–Crippen LogP) is 6.07. The molecule has 0 amide bonds. The number of fused-ring (bicyclic) bond motifs is 2. The van der Waals surface area contributed by atoms with Crippen LogP contribution in [0.25, 0.3) is 33.1 Å². The molecule has 3 aromatic carbocycles. The molecule has 3 nitrogen and oxygen atoms in total. The molecule has 2 aromatic heterocycles. The highest BCUT2D eigenvalue weighted by molar-refractivity contribution is 6.00. The van der Waals surface area contributed by atoms with Crippen molar-refractivity contribution in [3.8, 4) is 11.3 Å². The van der Waals surface area contributed by atoms with Crippen LogP contribution >= 0.6 is 0 Å². The minimum atomic E-state index is 0.948. The van der Waals surface area contributed by atoms with E-state index in [0.29, 0.717) is 0 Å². The van der Waals surface area contributed by atoms with E-state index in [0.717, 1.165) is 33.5 Å². The molecule has 3 heteroatoms. The van der Waals surface area contributed by atoms with Gasteiger partial charge in [0.25, 0.3) is 0 Å². The highest BCUT2D eigenvalue weighted by Gasteiger charge is 2.07. The van der Waals surface area contributed by atoms with Gasteiger partial charge in [-0.3, -0.25) is 4.99 Å². The zero-order valence-electron chi connectivity index (χ0n) is 14.1. The van der Waals surface area contributed by atoms with E-state index in [1.54, 1.807) is 0 Å². The molecular formula is C23H17N3. The van der Waals surface area contributed by atoms with E-state index in [-0.39, 0.29) is 0 Å². The fraction of sp³-hybridized carbons (Fsp3) is 0. The average molecular weight is 335 g/mol. The first-order valence-corrected chi connectivity index (χ1v) is 8.66. The molecule has 0 aliphatic rings. The first kappa shape index (κ1) is 14.7. The first-order chi connectivity index (χ1) is 12.9. The largest absolute Gasteiger partial charge is 0.361 e. The topological polar surface area (TPSA) is 43.9 Å². The molecule has 0 aliphatic heterocycles. The van der Waals surface area contributed by atoms with Crippen molar-refractivity contribution in [2.24, 2.45) is 4.99 Å². The molecule has 0 fully saturated rings. The van der Waals surface area contributed by atoms with Gasteiger partial charge >= 0.3 is 0 Å². The van der Waals surface area contributed by atoms with Gasteiger partial charge in [0.15, 0.2) is 0 Å². The van der Waals surface area contributed by atoms with Crippen LogP contribution in [0.15, 0.2) is 90.1 Å². The highest BCUT2D eigenvalue weighted by Crippen LogP contribution is 2.32. The van der Waals surface area contributed by atoms with E-state index >= 15 is 0 Å². The monoisotopic (exact) mass is 335 g/mol. The summed E-state index contributed by atoms with van der Waals surface area (Å²) in [6.45, 7) is 0. The standard InChI is InChI=1S/C23H17N3/c1-4-10-20-16(7-1)13-23(26-20)19-9-3-6-12-22(19)25-15-17-14-24-21-11-5-2-8-18(17)21/h1-15,24,26H. The van der Waals surface area contributed by atoms with Gasteiger partial charge in [-0.2, -0.15) is 0 Å². The second-order valence-corrected chi connectivity index (χ2v) is 6.34. The molecule has 0 aliphatic carbocycles. The number of H-pyrrole nitrogens is 2. The second kappa shape index (κ2) is 6.05. The van der Waals surface area contributed by atoms with Crippen LogP contribution in [0.2, 0.25) is 0 Å². The van der Waals surface area contributed by atoms with Crippen molar-refractivity contribution >= 4 is 33.7 Å². The Morgan fingerprint density at radius 2 is 1.54 bits per heavy atom. The van der Waals surface area contributed by atoms with Crippen molar-refractivity contribution in [1.29, 1.82) is 0 Å². The lowest BCUT2D eigenvalue weighted by Gasteiger charge is -2.03. The fourth-order valence-electron chi connectivity index (χ4n) is 3.37. The molecule has 0 unspecified atom stereocenters. The minimum absolute atomic E-state index is 0.948. The summed E-state index contributed by atoms with van der Waals surface area (Å²) in [6, 6.07) is 27.0. The van der Waals surface area contributed by atoms with E-state index in [1.165, 1.54) is 10.8 Å². The molecular weight excluding hydrogens is 318 g/mol. The van der Waals surface area contributed by atoms with E-state index in [2.05, 4.69) is 52.4 Å². The van der Waals surface area contributed by atoms with Gasteiger partial charge in [-0.15, -0.1) is 0 Å². The Morgan fingerprint density at radius 3 is 2.46 bits per heavy atom. The van der Waals surface area contributed by atoms with Gasteiger partial charge in [0.05, 0.1) is 5.69 Å². The van der Waals surface area contributed by atoms with E-state index in [4.69, 9.17) is 4.99 Å². The van der Waals surface area contributed by atoms with Crippen LogP contribution in [0.5, 0.6) is 0 Å². The van der Waals surface area contributed by atoms with Gasteiger partial charge in [-0.05, 0) is 24.3 Å². The lowest BCUT2D eigenvalue weighted by molar-refractivity contribution is 1.43. The molecule has 5 rings (SSSR count). The smallest absolute Gasteiger partial charge is 0.0723 e. The third-order valence-electron chi connectivity index (χ3n) is 4.69. The molecule has 0 saturated heterocycles. The molecule has 2 heterocycles. The maximum absolute atomic E-state index is 4.78. The fourth-order valence-corrected chi connectivity index (χ4v) is 3.37. The summed E-state index contributed by atoms with van der Waals surface area (Å²) in [5.74, 6) is 0. The number of nitrogens with zero attached hydrogens (tertiary/aromatic N) is 1. The van der Waals surface area contributed by atoms with Gasteiger partial charge in [0, 0.05) is 51.0 Å². The molecule has 0 radical (unpaired) electrons. The third kappa shape index (κ3) is 2.50. The first-order valence-electron chi connectivity index (χ1n) is 8.66. The maximum atomic E-state index is 4.78. The molecule has 0 atom stereocenters. The number of aliphatic imine (C=N–C) groups is 1. The molecule has 124 valence electrons. The number of hydrogen-bond donors (Lipinski definition) is 2. The highest BCUT2D eigenvalue weighted by atomic mass is 14.8. The summed E-state index contributed by atoms with van der Waals surface area (Å²) in [5, 5.41) is 2.39. The molecule has 2 N–H and O–H groups in total. The van der Waals surface area contributed by atoms with Crippen molar-refractivity contribution in [2.45, 2.75) is 0 Å². The number of benzene rings is 3. The summed E-state index contributed by atoms with van der Waals surface area (Å²) >= 11 is 0. The molecule has 0 bridgehead atoms. The van der Waals surface area contributed by atoms with Gasteiger partial charge in [-0.1, -0.05) is 54.6 Å². The van der Waals surface area contributed by atoms with Gasteiger partial charge < -0.3 is 9.97 Å². The van der Waals surface area contributed by atoms with E-state index in [9.17, 15) is 0 Å². The number of rotatable bonds is 3. The molecule has 0 saturated carbocycles. The van der Waals surface area contributed by atoms with Crippen LogP contribution < -0.4 is 0 Å². The minimum Gasteiger partial charge on any atom is -0.361 e. The number of aromatic amines is 2. The molecule has 5 aromatic rings. The summed E-state index contributed by atoms with van der Waals surface area (Å²) < 4.78 is 0. The summed E-state index contributed by atoms with van der Waals surface area (Å²) in [7, 11) is 0. The van der Waals surface area contributed by atoms with Crippen LogP contribution in [-0.4, -0.2) is 16.2 Å². The van der Waals surface area contributed by atoms with Crippen LogP contribution in [-0.2, 0) is 0 Å². The summed E-state index contributed by atoms with van der Waals surface area (Å²) in [5.41, 5.74) is 6.48. The quantitative estimate of drug-likeness (QED) is 0.376. The Balaban J connectivity index is 1.58. The van der Waals surface area contributed by atoms with Gasteiger partial charge in [-0.25, -0.2) is 0 Å². The normalized spacial score (nSPS) is 11.7. The SMILES string of the molecule is C(=Nc1ccccc1-c1cc2ccccc2[nH]1)c1c[nH]c2ccccc12. The number of para-hydroxylation sites is 3. The third-order valence-corrected chi connectivity index (χ3v) is 4.69. The number of aromatic nitrogens is 2. The Bertz CT molecular complexity index is 1210. The van der Waals surface area contributed by atoms with E-state index < -0.39 is 0 Å². The van der Waals surface area contributed by atoms with Crippen molar-refractivity contribution in [3.05, 3.63) is 90.6 Å². The summed E-state index contributed by atoms with van der Waals surface area (Å²) in [6.07, 6.45) is 3.93. The van der Waals surface area contributed by atoms with Crippen LogP contribution in [0, 0.1) is 0 Å². The molecule has 0 spiro atoms. The average Bonchev–Trinajstić information content (AvgIpc) is 3.30. The van der Waals surface area contributed by atoms with Crippen molar-refractivity contribution < 1.29 is 0 Å². The Labute approximate surface area is 151 Å². The number of nitrogens with one attached hydrogen (secondary N) is 2. The maximum Gasteiger partial charge on any atom is 0.0723 e. The van der Waals surface area contributed by atoms with Crippen LogP contribution in [0.3, 0.4) is 0 Å². The number of hydrogen-bond acceptors (Lipinski definition) is 1. The Morgan fingerprint density at radius 1 is 0.769 bits per heavy atom. The summed E-state index contributed by atoms with van der Waals surface area (Å²) in [4.78, 5) is 11.6. The Kier molecular flexibility index (Phi) is 3.42. The zero-order valence-corrected chi connectivity index (χ0v) is 14.1. The van der Waals surface area contributed by atoms with Crippen LogP contribution in [0.1, 0.15) is 5.56 Å². The van der Waals surface area contributed by atoms with Crippen molar-refractivity contribution in [3.63, 3.8) is 0 Å². The molecule has 26 heavy (non-hydrogen) atoms. The second-order valence-electron chi connectivity index (χ2n) is 6.34. The van der Waals surface area contributed by atoms with E-state index in [1.807, 2.05) is 48.8 Å². The zero-order chi connectivity index (χ0) is 17.3. The predicted molar refractivity (Wildman–Crippen MR) is 109 cm³/mol. The van der Waals surface area contributed by atoms with Crippen molar-refractivity contribution in [2.75, 3.05) is 0 Å². The van der Waals surface area contributed by atoms with Gasteiger partial charge in [0.1, 0.15) is 0 Å². The Hall–Kier alpha value is -3.59. The lowest BCUT2D eigenvalue weighted by Crippen LogP contribution is -1.81. The lowest BCUT2D eigenvalue weighted by atomic mass is 10.1.